The van der Waals surface area contributed by atoms with Crippen LogP contribution < -0.4 is 0 Å². The first-order valence-corrected chi connectivity index (χ1v) is 11.2. The molecular formula is C25H42O4. The lowest BCUT2D eigenvalue weighted by molar-refractivity contribution is -0.270. The Morgan fingerprint density at radius 1 is 1.24 bits per heavy atom. The van der Waals surface area contributed by atoms with Crippen molar-refractivity contribution in [2.45, 2.75) is 98.4 Å². The summed E-state index contributed by atoms with van der Waals surface area (Å²) >= 11 is 0. The molecule has 6 atom stereocenters. The minimum atomic E-state index is -1.35. The van der Waals surface area contributed by atoms with Gasteiger partial charge in [-0.2, -0.15) is 0 Å². The molecule has 0 saturated heterocycles. The summed E-state index contributed by atoms with van der Waals surface area (Å²) in [7, 11) is 0. The van der Waals surface area contributed by atoms with E-state index < -0.39 is 17.8 Å². The Bertz CT molecular complexity index is 645. The predicted octanol–water partition coefficient (Wildman–Crippen LogP) is 5.04. The van der Waals surface area contributed by atoms with E-state index in [2.05, 4.69) is 33.4 Å². The summed E-state index contributed by atoms with van der Waals surface area (Å²) in [5.41, 5.74) is -0.621. The molecule has 2 N–H and O–H groups in total. The molecule has 2 saturated carbocycles. The van der Waals surface area contributed by atoms with Crippen molar-refractivity contribution in [2.24, 2.45) is 28.6 Å². The monoisotopic (exact) mass is 406 g/mol. The lowest BCUT2D eigenvalue weighted by atomic mass is 9.43. The first kappa shape index (κ1) is 24.1. The van der Waals surface area contributed by atoms with Crippen LogP contribution in [0.5, 0.6) is 0 Å². The molecule has 4 heteroatoms. The Balaban J connectivity index is 2.51. The molecule has 2 rings (SSSR count). The van der Waals surface area contributed by atoms with Gasteiger partial charge in [-0.15, -0.1) is 0 Å². The number of carbonyl (C=O) groups excluding carboxylic acids is 1. The Morgan fingerprint density at radius 2 is 1.86 bits per heavy atom. The summed E-state index contributed by atoms with van der Waals surface area (Å²) in [6.45, 7) is 18.2. The molecule has 2 fully saturated rings. The van der Waals surface area contributed by atoms with E-state index >= 15 is 0 Å². The number of carbonyl (C=O) groups is 1. The summed E-state index contributed by atoms with van der Waals surface area (Å²) in [4.78, 5) is 12.6. The molecule has 0 unspecified atom stereocenters. The van der Waals surface area contributed by atoms with Crippen molar-refractivity contribution in [1.29, 1.82) is 0 Å². The standard InChI is InChI=1S/C25H42O4/c1-9-17(4)11-12-18-24(7)14-10-13-23(5,6)21(24)20(22(27)25(18,8)28)29-19(26)15-16(2)3/h9,11,16,18,20-22,27-28H,1,10,12-15H2,2-8H3/b17-11+/t18-,20-,21+,22+,24-,25+/m1/s1. The molecule has 166 valence electrons. The third-order valence-electron chi connectivity index (χ3n) is 7.67. The quantitative estimate of drug-likeness (QED) is 0.479. The largest absolute Gasteiger partial charge is 0.459 e. The van der Waals surface area contributed by atoms with Crippen molar-refractivity contribution in [3.63, 3.8) is 0 Å². The average Bonchev–Trinajstić information content (AvgIpc) is 2.57. The van der Waals surface area contributed by atoms with Crippen LogP contribution in [0.15, 0.2) is 24.3 Å². The van der Waals surface area contributed by atoms with Crippen LogP contribution in [0.2, 0.25) is 0 Å². The summed E-state index contributed by atoms with van der Waals surface area (Å²) in [5, 5.41) is 22.8. The number of aliphatic hydroxyl groups is 2. The second-order valence-corrected chi connectivity index (χ2v) is 11.0. The topological polar surface area (TPSA) is 66.8 Å². The molecule has 0 aromatic heterocycles. The van der Waals surface area contributed by atoms with E-state index in [1.54, 1.807) is 6.92 Å². The summed E-state index contributed by atoms with van der Waals surface area (Å²) in [6, 6.07) is 0. The molecule has 0 aliphatic heterocycles. The number of aliphatic hydroxyl groups excluding tert-OH is 1. The van der Waals surface area contributed by atoms with Crippen molar-refractivity contribution in [3.05, 3.63) is 24.3 Å². The molecule has 0 spiro atoms. The molecule has 4 nitrogen and oxygen atoms in total. The van der Waals surface area contributed by atoms with Gasteiger partial charge in [-0.25, -0.2) is 0 Å². The van der Waals surface area contributed by atoms with Crippen LogP contribution in [0, 0.1) is 28.6 Å². The molecule has 0 heterocycles. The zero-order valence-corrected chi connectivity index (χ0v) is 19.5. The van der Waals surface area contributed by atoms with Gasteiger partial charge in [-0.1, -0.05) is 65.3 Å². The van der Waals surface area contributed by atoms with E-state index in [-0.39, 0.29) is 34.6 Å². The molecular weight excluding hydrogens is 364 g/mol. The van der Waals surface area contributed by atoms with Gasteiger partial charge in [0.05, 0.1) is 5.60 Å². The van der Waals surface area contributed by atoms with E-state index in [9.17, 15) is 15.0 Å². The van der Waals surface area contributed by atoms with Crippen LogP contribution in [0.25, 0.3) is 0 Å². The summed E-state index contributed by atoms with van der Waals surface area (Å²) in [5.74, 6) is -0.249. The lowest BCUT2D eigenvalue weighted by Gasteiger charge is -2.64. The highest BCUT2D eigenvalue weighted by atomic mass is 16.6. The van der Waals surface area contributed by atoms with Crippen LogP contribution in [0.3, 0.4) is 0 Å². The third kappa shape index (κ3) is 4.64. The molecule has 2 aliphatic rings. The zero-order valence-electron chi connectivity index (χ0n) is 19.5. The number of hydrogen-bond donors (Lipinski definition) is 2. The highest BCUT2D eigenvalue weighted by Gasteiger charge is 2.66. The van der Waals surface area contributed by atoms with Crippen molar-refractivity contribution in [3.8, 4) is 0 Å². The Hall–Kier alpha value is -1.13. The summed E-state index contributed by atoms with van der Waals surface area (Å²) < 4.78 is 5.93. The molecule has 0 amide bonds. The van der Waals surface area contributed by atoms with E-state index in [4.69, 9.17) is 4.74 Å². The van der Waals surface area contributed by atoms with Crippen molar-refractivity contribution < 1.29 is 19.7 Å². The smallest absolute Gasteiger partial charge is 0.306 e. The van der Waals surface area contributed by atoms with Crippen molar-refractivity contribution >= 4 is 5.97 Å². The molecule has 2 aliphatic carbocycles. The maximum absolute atomic E-state index is 12.6. The van der Waals surface area contributed by atoms with Crippen LogP contribution in [0.4, 0.5) is 0 Å². The number of allylic oxidation sites excluding steroid dienone is 3. The Morgan fingerprint density at radius 3 is 2.41 bits per heavy atom. The lowest BCUT2D eigenvalue weighted by Crippen LogP contribution is -2.70. The maximum atomic E-state index is 12.6. The SMILES string of the molecule is C=C/C(C)=C/C[C@H]1[C@](C)(O)[C@@H](O)[C@H](OC(=O)CC(C)C)[C@H]2C(C)(C)CCC[C@@]21C. The fourth-order valence-electron chi connectivity index (χ4n) is 6.29. The van der Waals surface area contributed by atoms with Crippen molar-refractivity contribution in [2.75, 3.05) is 0 Å². The van der Waals surface area contributed by atoms with Crippen LogP contribution >= 0.6 is 0 Å². The second-order valence-electron chi connectivity index (χ2n) is 11.0. The van der Waals surface area contributed by atoms with Gasteiger partial charge in [0.15, 0.2) is 0 Å². The molecule has 0 aromatic carbocycles. The van der Waals surface area contributed by atoms with Crippen LogP contribution in [-0.4, -0.2) is 34.0 Å². The first-order chi connectivity index (χ1) is 13.3. The van der Waals surface area contributed by atoms with E-state index in [1.807, 2.05) is 26.8 Å². The fraction of sp³-hybridized carbons (Fsp3) is 0.800. The highest BCUT2D eigenvalue weighted by molar-refractivity contribution is 5.70. The van der Waals surface area contributed by atoms with Crippen molar-refractivity contribution in [1.82, 2.24) is 0 Å². The number of hydrogen-bond acceptors (Lipinski definition) is 4. The summed E-state index contributed by atoms with van der Waals surface area (Å²) in [6.07, 6.45) is 6.14. The van der Waals surface area contributed by atoms with E-state index in [0.29, 0.717) is 12.8 Å². The van der Waals surface area contributed by atoms with Gasteiger partial charge >= 0.3 is 5.97 Å². The van der Waals surface area contributed by atoms with E-state index in [0.717, 1.165) is 24.8 Å². The van der Waals surface area contributed by atoms with E-state index in [1.165, 1.54) is 0 Å². The fourth-order valence-corrected chi connectivity index (χ4v) is 6.29. The third-order valence-corrected chi connectivity index (χ3v) is 7.67. The maximum Gasteiger partial charge on any atom is 0.306 e. The van der Waals surface area contributed by atoms with Gasteiger partial charge in [0.25, 0.3) is 0 Å². The highest BCUT2D eigenvalue weighted by Crippen LogP contribution is 2.63. The van der Waals surface area contributed by atoms with Crippen LogP contribution in [0.1, 0.15) is 80.6 Å². The molecule has 0 bridgehead atoms. The minimum absolute atomic E-state index is 0.0162. The van der Waals surface area contributed by atoms with Gasteiger partial charge in [0.2, 0.25) is 0 Å². The molecule has 0 aromatic rings. The number of esters is 1. The van der Waals surface area contributed by atoms with Crippen LogP contribution in [-0.2, 0) is 9.53 Å². The van der Waals surface area contributed by atoms with Gasteiger partial charge in [-0.3, -0.25) is 4.79 Å². The minimum Gasteiger partial charge on any atom is -0.459 e. The normalized spacial score (nSPS) is 39.7. The first-order valence-electron chi connectivity index (χ1n) is 11.2. The molecule has 0 radical (unpaired) electrons. The molecule has 29 heavy (non-hydrogen) atoms. The van der Waals surface area contributed by atoms with Gasteiger partial charge in [-0.05, 0) is 55.8 Å². The number of fused-ring (bicyclic) bond motifs is 1. The predicted molar refractivity (Wildman–Crippen MR) is 117 cm³/mol. The zero-order chi connectivity index (χ0) is 22.2. The van der Waals surface area contributed by atoms with Gasteiger partial charge < -0.3 is 14.9 Å². The Kier molecular flexibility index (Phi) is 7.12. The number of ether oxygens (including phenoxy) is 1. The second kappa shape index (κ2) is 8.55. The average molecular weight is 407 g/mol. The van der Waals surface area contributed by atoms with Gasteiger partial charge in [0, 0.05) is 12.3 Å². The van der Waals surface area contributed by atoms with Gasteiger partial charge in [0.1, 0.15) is 12.2 Å². The Labute approximate surface area is 177 Å². The number of rotatable bonds is 6.